The zero-order valence-corrected chi connectivity index (χ0v) is 8.49. The van der Waals surface area contributed by atoms with Crippen LogP contribution < -0.4 is 11.5 Å². The number of anilines is 1. The third-order valence-corrected chi connectivity index (χ3v) is 2.81. The Morgan fingerprint density at radius 2 is 2.20 bits per heavy atom. The van der Waals surface area contributed by atoms with E-state index in [0.29, 0.717) is 21.3 Å². The van der Waals surface area contributed by atoms with E-state index in [1.54, 1.807) is 18.3 Å². The summed E-state index contributed by atoms with van der Waals surface area (Å²) in [5.41, 5.74) is 12.0. The largest absolute Gasteiger partial charge is 0.397 e. The fraction of sp³-hybridized carbons (Fsp3) is 0. The molecule has 0 atom stereocenters. The number of primary amides is 1. The van der Waals surface area contributed by atoms with Crippen LogP contribution in [0, 0.1) is 0 Å². The molecule has 0 fully saturated rings. The second-order valence-electron chi connectivity index (χ2n) is 2.84. The van der Waals surface area contributed by atoms with E-state index in [1.807, 2.05) is 0 Å². The molecule has 5 nitrogen and oxygen atoms in total. The van der Waals surface area contributed by atoms with E-state index in [4.69, 9.17) is 11.5 Å². The zero-order chi connectivity index (χ0) is 10.8. The Hall–Kier alpha value is -1.95. The molecule has 76 valence electrons. The van der Waals surface area contributed by atoms with Gasteiger partial charge in [0.05, 0.1) is 11.9 Å². The van der Waals surface area contributed by atoms with Crippen LogP contribution in [0.1, 0.15) is 9.67 Å². The van der Waals surface area contributed by atoms with E-state index >= 15 is 0 Å². The second-order valence-corrected chi connectivity index (χ2v) is 3.87. The van der Waals surface area contributed by atoms with Crippen LogP contribution >= 0.6 is 11.3 Å². The molecule has 0 aliphatic rings. The maximum absolute atomic E-state index is 10.9. The second kappa shape index (κ2) is 3.66. The predicted molar refractivity (Wildman–Crippen MR) is 58.3 cm³/mol. The quantitative estimate of drug-likeness (QED) is 0.785. The SMILES string of the molecule is NC(=O)c1cnc(-c2ncccc2N)s1. The summed E-state index contributed by atoms with van der Waals surface area (Å²) >= 11 is 1.18. The Labute approximate surface area is 89.8 Å². The van der Waals surface area contributed by atoms with Gasteiger partial charge in [0.25, 0.3) is 5.91 Å². The lowest BCUT2D eigenvalue weighted by atomic mass is 10.3. The van der Waals surface area contributed by atoms with Crippen molar-refractivity contribution in [3.63, 3.8) is 0 Å². The number of thiazole rings is 1. The molecule has 4 N–H and O–H groups in total. The van der Waals surface area contributed by atoms with Gasteiger partial charge in [-0.2, -0.15) is 0 Å². The third kappa shape index (κ3) is 1.79. The normalized spacial score (nSPS) is 10.1. The number of carbonyl (C=O) groups excluding carboxylic acids is 1. The first-order valence-electron chi connectivity index (χ1n) is 4.15. The van der Waals surface area contributed by atoms with Crippen LogP contribution in [0.3, 0.4) is 0 Å². The van der Waals surface area contributed by atoms with Crippen molar-refractivity contribution in [2.75, 3.05) is 5.73 Å². The molecule has 2 rings (SSSR count). The first-order chi connectivity index (χ1) is 7.18. The highest BCUT2D eigenvalue weighted by molar-refractivity contribution is 7.16. The highest BCUT2D eigenvalue weighted by atomic mass is 32.1. The van der Waals surface area contributed by atoms with Gasteiger partial charge in [-0.1, -0.05) is 0 Å². The Balaban J connectivity index is 2.46. The summed E-state index contributed by atoms with van der Waals surface area (Å²) in [6.07, 6.45) is 3.05. The van der Waals surface area contributed by atoms with E-state index < -0.39 is 5.91 Å². The topological polar surface area (TPSA) is 94.9 Å². The summed E-state index contributed by atoms with van der Waals surface area (Å²) in [4.78, 5) is 19.4. The van der Waals surface area contributed by atoms with E-state index in [9.17, 15) is 4.79 Å². The average Bonchev–Trinajstić information content (AvgIpc) is 2.67. The van der Waals surface area contributed by atoms with E-state index in [-0.39, 0.29) is 0 Å². The van der Waals surface area contributed by atoms with Gasteiger partial charge in [-0.25, -0.2) is 4.98 Å². The number of nitrogens with two attached hydrogens (primary N) is 2. The van der Waals surface area contributed by atoms with Crippen LogP contribution in [0.15, 0.2) is 24.5 Å². The first-order valence-corrected chi connectivity index (χ1v) is 4.96. The molecule has 0 aliphatic heterocycles. The molecule has 0 unspecified atom stereocenters. The van der Waals surface area contributed by atoms with Crippen molar-refractivity contribution in [1.29, 1.82) is 0 Å². The summed E-state index contributed by atoms with van der Waals surface area (Å²) < 4.78 is 0. The highest BCUT2D eigenvalue weighted by Gasteiger charge is 2.11. The van der Waals surface area contributed by atoms with Gasteiger partial charge in [0.1, 0.15) is 15.6 Å². The van der Waals surface area contributed by atoms with Gasteiger partial charge in [-0.3, -0.25) is 9.78 Å². The van der Waals surface area contributed by atoms with E-state index in [1.165, 1.54) is 17.5 Å². The van der Waals surface area contributed by atoms with Crippen molar-refractivity contribution >= 4 is 22.9 Å². The predicted octanol–water partition coefficient (Wildman–Crippen LogP) is 0.886. The summed E-state index contributed by atoms with van der Waals surface area (Å²) in [6, 6.07) is 3.47. The van der Waals surface area contributed by atoms with E-state index in [0.717, 1.165) is 0 Å². The monoisotopic (exact) mass is 220 g/mol. The molecule has 2 heterocycles. The fourth-order valence-electron chi connectivity index (χ4n) is 1.09. The molecule has 1 amide bonds. The van der Waals surface area contributed by atoms with Crippen LogP contribution in [0.4, 0.5) is 5.69 Å². The zero-order valence-electron chi connectivity index (χ0n) is 7.68. The van der Waals surface area contributed by atoms with Crippen LogP contribution in [0.5, 0.6) is 0 Å². The van der Waals surface area contributed by atoms with Crippen molar-refractivity contribution < 1.29 is 4.79 Å². The van der Waals surface area contributed by atoms with Crippen LogP contribution in [0.25, 0.3) is 10.7 Å². The Morgan fingerprint density at radius 3 is 2.80 bits per heavy atom. The maximum atomic E-state index is 10.9. The molecular weight excluding hydrogens is 212 g/mol. The lowest BCUT2D eigenvalue weighted by Crippen LogP contribution is -2.08. The van der Waals surface area contributed by atoms with Gasteiger partial charge in [0.15, 0.2) is 0 Å². The third-order valence-electron chi connectivity index (χ3n) is 1.79. The molecule has 0 radical (unpaired) electrons. The number of hydrogen-bond donors (Lipinski definition) is 2. The highest BCUT2D eigenvalue weighted by Crippen LogP contribution is 2.26. The molecule has 6 heteroatoms. The molecule has 2 aromatic heterocycles. The van der Waals surface area contributed by atoms with Crippen LogP contribution in [0.2, 0.25) is 0 Å². The number of hydrogen-bond acceptors (Lipinski definition) is 5. The Bertz CT molecular complexity index is 508. The molecule has 0 saturated heterocycles. The summed E-state index contributed by atoms with van der Waals surface area (Å²) in [5.74, 6) is -0.492. The average molecular weight is 220 g/mol. The number of rotatable bonds is 2. The van der Waals surface area contributed by atoms with Gasteiger partial charge in [0.2, 0.25) is 0 Å². The fourth-order valence-corrected chi connectivity index (χ4v) is 1.88. The lowest BCUT2D eigenvalue weighted by Gasteiger charge is -1.98. The van der Waals surface area contributed by atoms with Crippen LogP contribution in [-0.2, 0) is 0 Å². The molecule has 15 heavy (non-hydrogen) atoms. The minimum absolute atomic E-state index is 0.398. The summed E-state index contributed by atoms with van der Waals surface area (Å²) in [7, 11) is 0. The summed E-state index contributed by atoms with van der Waals surface area (Å²) in [6.45, 7) is 0. The lowest BCUT2D eigenvalue weighted by molar-refractivity contribution is 0.100. The number of pyridine rings is 1. The standard InChI is InChI=1S/C9H8N4OS/c10-5-2-1-3-12-7(5)9-13-4-6(15-9)8(11)14/h1-4H,10H2,(H2,11,14). The smallest absolute Gasteiger partial charge is 0.260 e. The van der Waals surface area contributed by atoms with Crippen molar-refractivity contribution in [3.8, 4) is 10.7 Å². The molecule has 0 spiro atoms. The summed E-state index contributed by atoms with van der Waals surface area (Å²) in [5, 5.41) is 0.599. The molecule has 0 saturated carbocycles. The Morgan fingerprint density at radius 1 is 1.40 bits per heavy atom. The van der Waals surface area contributed by atoms with Crippen molar-refractivity contribution in [2.45, 2.75) is 0 Å². The number of nitrogen functional groups attached to an aromatic ring is 1. The molecular formula is C9H8N4OS. The molecule has 0 aromatic carbocycles. The minimum Gasteiger partial charge on any atom is -0.397 e. The number of aromatic nitrogens is 2. The van der Waals surface area contributed by atoms with Crippen molar-refractivity contribution in [3.05, 3.63) is 29.4 Å². The molecule has 0 aliphatic carbocycles. The van der Waals surface area contributed by atoms with Crippen molar-refractivity contribution in [1.82, 2.24) is 9.97 Å². The first kappa shape index (κ1) is 9.60. The van der Waals surface area contributed by atoms with Gasteiger partial charge in [-0.05, 0) is 12.1 Å². The van der Waals surface area contributed by atoms with Gasteiger partial charge >= 0.3 is 0 Å². The van der Waals surface area contributed by atoms with Gasteiger partial charge in [0, 0.05) is 6.20 Å². The molecule has 2 aromatic rings. The maximum Gasteiger partial charge on any atom is 0.260 e. The number of nitrogens with zero attached hydrogens (tertiary/aromatic N) is 2. The minimum atomic E-state index is -0.492. The number of amides is 1. The molecule has 0 bridgehead atoms. The Kier molecular flexibility index (Phi) is 2.34. The van der Waals surface area contributed by atoms with Crippen molar-refractivity contribution in [2.24, 2.45) is 5.73 Å². The van der Waals surface area contributed by atoms with E-state index in [2.05, 4.69) is 9.97 Å². The van der Waals surface area contributed by atoms with Crippen LogP contribution in [-0.4, -0.2) is 15.9 Å². The van der Waals surface area contributed by atoms with Gasteiger partial charge < -0.3 is 11.5 Å². The van der Waals surface area contributed by atoms with Gasteiger partial charge in [-0.15, -0.1) is 11.3 Å². The number of carbonyl (C=O) groups is 1.